The molecule has 0 aliphatic carbocycles. The minimum absolute atomic E-state index is 0. The minimum atomic E-state index is 0. The summed E-state index contributed by atoms with van der Waals surface area (Å²) in [5, 5.41) is 6.87. The second kappa shape index (κ2) is 3.29. The van der Waals surface area contributed by atoms with Gasteiger partial charge < -0.3 is 5.73 Å². The number of nitrogens with one attached hydrogen (secondary N) is 1. The van der Waals surface area contributed by atoms with E-state index in [0.29, 0.717) is 0 Å². The van der Waals surface area contributed by atoms with Crippen LogP contribution >= 0.6 is 0 Å². The molecule has 6 nitrogen and oxygen atoms in total. The second-order valence-electron chi connectivity index (χ2n) is 1.19. The van der Waals surface area contributed by atoms with Crippen molar-refractivity contribution < 1.29 is 17.1 Å². The van der Waals surface area contributed by atoms with Gasteiger partial charge >= 0.3 is 0 Å². The molecule has 0 atom stereocenters. The van der Waals surface area contributed by atoms with Crippen molar-refractivity contribution in [2.45, 2.75) is 0 Å². The third-order valence-corrected chi connectivity index (χ3v) is 0.713. The maximum absolute atomic E-state index is 5.20. The van der Waals surface area contributed by atoms with Gasteiger partial charge in [-0.15, -0.1) is 10.2 Å². The molecule has 1 heterocycles. The summed E-state index contributed by atoms with van der Waals surface area (Å²) in [4.78, 5) is 0. The molecule has 5 N–H and O–H groups in total. The van der Waals surface area contributed by atoms with E-state index in [1.165, 1.54) is 11.0 Å². The molecule has 0 saturated heterocycles. The molecule has 1 rings (SSSR count). The van der Waals surface area contributed by atoms with Gasteiger partial charge in [0.15, 0.2) is 0 Å². The Kier molecular flexibility index (Phi) is 3.00. The Morgan fingerprint density at radius 2 is 2.33 bits per heavy atom. The van der Waals surface area contributed by atoms with Crippen LogP contribution in [0, 0.1) is 0 Å². The summed E-state index contributed by atoms with van der Waals surface area (Å²) in [5.74, 6) is 5.19. The number of hydrazine groups is 1. The Morgan fingerprint density at radius 3 is 2.56 bits per heavy atom. The van der Waals surface area contributed by atoms with E-state index in [-0.39, 0.29) is 23.0 Å². The third kappa shape index (κ3) is 1.56. The summed E-state index contributed by atoms with van der Waals surface area (Å²) < 4.78 is 1.29. The van der Waals surface area contributed by atoms with Gasteiger partial charge in [-0.2, -0.15) is 4.68 Å². The molecular formula is C2H6CuN6. The second-order valence-corrected chi connectivity index (χ2v) is 1.19. The summed E-state index contributed by atoms with van der Waals surface area (Å²) in [6.07, 6.45) is 1.37. The van der Waals surface area contributed by atoms with Crippen molar-refractivity contribution in [1.29, 1.82) is 0 Å². The normalized spacial score (nSPS) is 8.11. The number of nitrogens with zero attached hydrogens (tertiary/aromatic N) is 3. The van der Waals surface area contributed by atoms with Crippen LogP contribution in [0.15, 0.2) is 6.33 Å². The number of hydrogen-bond acceptors (Lipinski definition) is 5. The molecule has 0 amide bonds. The Hall–Kier alpha value is -0.781. The van der Waals surface area contributed by atoms with E-state index in [2.05, 4.69) is 15.7 Å². The molecule has 0 aromatic carbocycles. The first-order chi connectivity index (χ1) is 3.84. The van der Waals surface area contributed by atoms with Gasteiger partial charge in [0.05, 0.1) is 0 Å². The van der Waals surface area contributed by atoms with E-state index in [1.54, 1.807) is 0 Å². The van der Waals surface area contributed by atoms with E-state index < -0.39 is 0 Å². The largest absolute Gasteiger partial charge is 0.366 e. The van der Waals surface area contributed by atoms with Gasteiger partial charge in [0.1, 0.15) is 6.33 Å². The zero-order valence-electron chi connectivity index (χ0n) is 4.38. The monoisotopic (exact) mass is 177 g/mol. The molecular weight excluding hydrogens is 172 g/mol. The van der Waals surface area contributed by atoms with Gasteiger partial charge in [0, 0.05) is 17.1 Å². The average molecular weight is 178 g/mol. The Balaban J connectivity index is 0.000000640. The van der Waals surface area contributed by atoms with Gasteiger partial charge in [-0.1, -0.05) is 0 Å². The zero-order chi connectivity index (χ0) is 5.98. The smallest absolute Gasteiger partial charge is 0.241 e. The van der Waals surface area contributed by atoms with Gasteiger partial charge in [0.25, 0.3) is 0 Å². The van der Waals surface area contributed by atoms with Crippen LogP contribution in [-0.2, 0) is 17.1 Å². The van der Waals surface area contributed by atoms with E-state index in [9.17, 15) is 0 Å². The van der Waals surface area contributed by atoms with Crippen LogP contribution < -0.4 is 17.1 Å². The van der Waals surface area contributed by atoms with Crippen LogP contribution in [-0.4, -0.2) is 14.9 Å². The number of hydrogen-bond donors (Lipinski definition) is 3. The van der Waals surface area contributed by atoms with Crippen molar-refractivity contribution in [3.05, 3.63) is 6.33 Å². The topological polar surface area (TPSA) is 94.8 Å². The zero-order valence-corrected chi connectivity index (χ0v) is 5.32. The summed E-state index contributed by atoms with van der Waals surface area (Å²) in [6, 6.07) is 0. The molecule has 1 aromatic rings. The molecule has 0 unspecified atom stereocenters. The SMILES string of the molecule is NNn1cnnc1N.[Cu]. The molecule has 9 heavy (non-hydrogen) atoms. The fraction of sp³-hybridized carbons (Fsp3) is 0. The molecule has 0 aliphatic heterocycles. The summed E-state index contributed by atoms with van der Waals surface area (Å²) in [5.41, 5.74) is 7.44. The molecule has 55 valence electrons. The summed E-state index contributed by atoms with van der Waals surface area (Å²) in [6.45, 7) is 0. The number of anilines is 1. The van der Waals surface area contributed by atoms with Gasteiger partial charge in [-0.25, -0.2) is 5.84 Å². The van der Waals surface area contributed by atoms with Crippen LogP contribution in [0.2, 0.25) is 0 Å². The summed E-state index contributed by atoms with van der Waals surface area (Å²) in [7, 11) is 0. The fourth-order valence-corrected chi connectivity index (χ4v) is 0.343. The first kappa shape index (κ1) is 8.22. The number of nitrogen functional groups attached to an aromatic ring is 2. The van der Waals surface area contributed by atoms with Crippen LogP contribution in [0.3, 0.4) is 0 Å². The average Bonchev–Trinajstić information content (AvgIpc) is 2.14. The van der Waals surface area contributed by atoms with Crippen molar-refractivity contribution in [2.75, 3.05) is 11.3 Å². The molecule has 0 spiro atoms. The summed E-state index contributed by atoms with van der Waals surface area (Å²) >= 11 is 0. The Labute approximate surface area is 62.0 Å². The quantitative estimate of drug-likeness (QED) is 0.269. The van der Waals surface area contributed by atoms with Crippen LogP contribution in [0.25, 0.3) is 0 Å². The van der Waals surface area contributed by atoms with Crippen molar-refractivity contribution in [2.24, 2.45) is 5.84 Å². The number of aromatic nitrogens is 3. The predicted molar refractivity (Wildman–Crippen MR) is 28.0 cm³/mol. The molecule has 7 heteroatoms. The maximum atomic E-state index is 5.20. The van der Waals surface area contributed by atoms with Crippen molar-refractivity contribution in [1.82, 2.24) is 14.9 Å². The maximum Gasteiger partial charge on any atom is 0.241 e. The van der Waals surface area contributed by atoms with E-state index in [1.807, 2.05) is 0 Å². The molecule has 0 fully saturated rings. The van der Waals surface area contributed by atoms with Crippen LogP contribution in [0.5, 0.6) is 0 Å². The first-order valence-electron chi connectivity index (χ1n) is 1.96. The number of rotatable bonds is 1. The van der Waals surface area contributed by atoms with Gasteiger partial charge in [-0.3, -0.25) is 5.53 Å². The van der Waals surface area contributed by atoms with Gasteiger partial charge in [-0.05, 0) is 0 Å². The van der Waals surface area contributed by atoms with E-state index in [0.717, 1.165) is 0 Å². The van der Waals surface area contributed by atoms with Crippen molar-refractivity contribution in [3.63, 3.8) is 0 Å². The third-order valence-electron chi connectivity index (χ3n) is 0.713. The fourth-order valence-electron chi connectivity index (χ4n) is 0.343. The Morgan fingerprint density at radius 1 is 1.67 bits per heavy atom. The van der Waals surface area contributed by atoms with Crippen LogP contribution in [0.1, 0.15) is 0 Å². The molecule has 1 radical (unpaired) electrons. The van der Waals surface area contributed by atoms with E-state index in [4.69, 9.17) is 11.6 Å². The van der Waals surface area contributed by atoms with Crippen molar-refractivity contribution >= 4 is 5.95 Å². The minimum Gasteiger partial charge on any atom is -0.366 e. The number of nitrogens with two attached hydrogens (primary N) is 2. The van der Waals surface area contributed by atoms with E-state index >= 15 is 0 Å². The molecule has 0 aliphatic rings. The van der Waals surface area contributed by atoms with Crippen LogP contribution in [0.4, 0.5) is 5.95 Å². The molecule has 0 bridgehead atoms. The standard InChI is InChI=1S/C2H6N6.Cu/c3-2-6-5-1-8(2)7-4;/h1,7H,4H2,(H2,3,6);. The van der Waals surface area contributed by atoms with Gasteiger partial charge in [0.2, 0.25) is 5.95 Å². The molecule has 0 saturated carbocycles. The predicted octanol–water partition coefficient (Wildman–Crippen LogP) is -1.73. The first-order valence-corrected chi connectivity index (χ1v) is 1.96. The van der Waals surface area contributed by atoms with Crippen molar-refractivity contribution in [3.8, 4) is 0 Å². The Bertz CT molecular complexity index is 171. The molecule has 1 aromatic heterocycles.